The molecule has 0 radical (unpaired) electrons. The largest absolute Gasteiger partial charge is 0.359 e. The van der Waals surface area contributed by atoms with Crippen molar-refractivity contribution in [2.24, 2.45) is 0 Å². The molecule has 3 nitrogen and oxygen atoms in total. The van der Waals surface area contributed by atoms with Gasteiger partial charge in [-0.25, -0.2) is 4.98 Å². The lowest BCUT2D eigenvalue weighted by atomic mass is 9.98. The minimum absolute atomic E-state index is 0.568. The third kappa shape index (κ3) is 2.92. The normalized spacial score (nSPS) is 12.4. The van der Waals surface area contributed by atoms with Gasteiger partial charge in [0.25, 0.3) is 0 Å². The van der Waals surface area contributed by atoms with Crippen molar-refractivity contribution in [3.05, 3.63) is 47.8 Å². The van der Waals surface area contributed by atoms with E-state index in [0.29, 0.717) is 5.92 Å². The van der Waals surface area contributed by atoms with Crippen molar-refractivity contribution in [3.63, 3.8) is 0 Å². The van der Waals surface area contributed by atoms with Gasteiger partial charge in [-0.1, -0.05) is 37.3 Å². The van der Waals surface area contributed by atoms with Gasteiger partial charge in [-0.2, -0.15) is 0 Å². The lowest BCUT2D eigenvalue weighted by molar-refractivity contribution is 0.580. The second-order valence-electron chi connectivity index (χ2n) is 4.75. The minimum atomic E-state index is 0.568. The first-order valence-corrected chi connectivity index (χ1v) is 6.47. The molecule has 18 heavy (non-hydrogen) atoms. The summed E-state index contributed by atoms with van der Waals surface area (Å²) < 4.78 is 2.19. The van der Waals surface area contributed by atoms with Crippen LogP contribution in [0.5, 0.6) is 0 Å². The predicted octanol–water partition coefficient (Wildman–Crippen LogP) is 3.43. The fourth-order valence-corrected chi connectivity index (χ4v) is 2.20. The molecular formula is C15H21N3. The first-order valence-electron chi connectivity index (χ1n) is 6.47. The van der Waals surface area contributed by atoms with E-state index < -0.39 is 0 Å². The van der Waals surface area contributed by atoms with Gasteiger partial charge < -0.3 is 9.88 Å². The maximum Gasteiger partial charge on any atom is 0.202 e. The summed E-state index contributed by atoms with van der Waals surface area (Å²) in [4.78, 5) is 4.43. The second-order valence-corrected chi connectivity index (χ2v) is 4.75. The van der Waals surface area contributed by atoms with Gasteiger partial charge in [-0.3, -0.25) is 0 Å². The van der Waals surface area contributed by atoms with Crippen molar-refractivity contribution < 1.29 is 0 Å². The van der Waals surface area contributed by atoms with E-state index in [-0.39, 0.29) is 0 Å². The van der Waals surface area contributed by atoms with E-state index in [1.807, 2.05) is 14.0 Å². The molecule has 1 aromatic heterocycles. The summed E-state index contributed by atoms with van der Waals surface area (Å²) in [7, 11) is 1.92. The van der Waals surface area contributed by atoms with Crippen LogP contribution in [0.2, 0.25) is 0 Å². The molecule has 0 saturated carbocycles. The van der Waals surface area contributed by atoms with Gasteiger partial charge in [0.05, 0.1) is 5.69 Å². The summed E-state index contributed by atoms with van der Waals surface area (Å²) in [6.07, 6.45) is 3.22. The first kappa shape index (κ1) is 12.7. The number of aryl methyl sites for hydroxylation is 2. The maximum atomic E-state index is 4.43. The molecule has 0 amide bonds. The van der Waals surface area contributed by atoms with Crippen LogP contribution in [0, 0.1) is 6.92 Å². The monoisotopic (exact) mass is 243 g/mol. The SMILES string of the molecule is CNc1nc(C)cn1CCC(C)c1ccccc1. The fraction of sp³-hybridized carbons (Fsp3) is 0.400. The highest BCUT2D eigenvalue weighted by Crippen LogP contribution is 2.20. The number of anilines is 1. The summed E-state index contributed by atoms with van der Waals surface area (Å²) in [5.41, 5.74) is 2.46. The molecule has 2 aromatic rings. The Morgan fingerprint density at radius 1 is 1.28 bits per heavy atom. The molecule has 1 atom stereocenters. The van der Waals surface area contributed by atoms with Gasteiger partial charge in [0.1, 0.15) is 0 Å². The molecule has 1 heterocycles. The van der Waals surface area contributed by atoms with Gasteiger partial charge in [-0.05, 0) is 24.8 Å². The number of hydrogen-bond donors (Lipinski definition) is 1. The molecule has 0 aliphatic heterocycles. The lowest BCUT2D eigenvalue weighted by Crippen LogP contribution is -2.05. The fourth-order valence-electron chi connectivity index (χ4n) is 2.20. The second kappa shape index (κ2) is 5.71. The van der Waals surface area contributed by atoms with Crippen molar-refractivity contribution in [2.75, 3.05) is 12.4 Å². The van der Waals surface area contributed by atoms with Crippen LogP contribution in [0.1, 0.15) is 30.5 Å². The third-order valence-electron chi connectivity index (χ3n) is 3.29. The van der Waals surface area contributed by atoms with Gasteiger partial charge in [0.15, 0.2) is 0 Å². The molecule has 3 heteroatoms. The Kier molecular flexibility index (Phi) is 4.03. The van der Waals surface area contributed by atoms with Crippen molar-refractivity contribution in [1.82, 2.24) is 9.55 Å². The Hall–Kier alpha value is -1.77. The maximum absolute atomic E-state index is 4.43. The van der Waals surface area contributed by atoms with Gasteiger partial charge in [-0.15, -0.1) is 0 Å². The number of benzene rings is 1. The Morgan fingerprint density at radius 2 is 2.00 bits per heavy atom. The van der Waals surface area contributed by atoms with Gasteiger partial charge in [0.2, 0.25) is 5.95 Å². The molecule has 0 aliphatic carbocycles. The Balaban J connectivity index is 1.99. The number of hydrogen-bond acceptors (Lipinski definition) is 2. The molecule has 0 fully saturated rings. The molecule has 1 aromatic carbocycles. The van der Waals surface area contributed by atoms with Crippen LogP contribution in [0.3, 0.4) is 0 Å². The van der Waals surface area contributed by atoms with Crippen molar-refractivity contribution in [3.8, 4) is 0 Å². The minimum Gasteiger partial charge on any atom is -0.359 e. The number of imidazole rings is 1. The van der Waals surface area contributed by atoms with E-state index in [0.717, 1.165) is 24.6 Å². The third-order valence-corrected chi connectivity index (χ3v) is 3.29. The zero-order chi connectivity index (χ0) is 13.0. The summed E-state index contributed by atoms with van der Waals surface area (Å²) in [6, 6.07) is 10.7. The van der Waals surface area contributed by atoms with Crippen LogP contribution in [-0.4, -0.2) is 16.6 Å². The van der Waals surface area contributed by atoms with Gasteiger partial charge >= 0.3 is 0 Å². The molecule has 0 aliphatic rings. The van der Waals surface area contributed by atoms with Crippen LogP contribution in [0.4, 0.5) is 5.95 Å². The van der Waals surface area contributed by atoms with E-state index in [1.54, 1.807) is 0 Å². The quantitative estimate of drug-likeness (QED) is 0.872. The standard InChI is InChI=1S/C15H21N3/c1-12(14-7-5-4-6-8-14)9-10-18-11-13(2)17-15(18)16-3/h4-8,11-12H,9-10H2,1-3H3,(H,16,17). The average molecular weight is 243 g/mol. The van der Waals surface area contributed by atoms with E-state index in [2.05, 4.69) is 58.3 Å². The number of nitrogens with one attached hydrogen (secondary N) is 1. The van der Waals surface area contributed by atoms with E-state index in [1.165, 1.54) is 5.56 Å². The Labute approximate surface area is 109 Å². The smallest absolute Gasteiger partial charge is 0.202 e. The Morgan fingerprint density at radius 3 is 2.67 bits per heavy atom. The van der Waals surface area contributed by atoms with Crippen LogP contribution in [0.15, 0.2) is 36.5 Å². The predicted molar refractivity (Wildman–Crippen MR) is 76.0 cm³/mol. The number of aromatic nitrogens is 2. The summed E-state index contributed by atoms with van der Waals surface area (Å²) in [5.74, 6) is 1.52. The molecule has 0 spiro atoms. The molecule has 0 saturated heterocycles. The molecule has 1 unspecified atom stereocenters. The lowest BCUT2D eigenvalue weighted by Gasteiger charge is -2.13. The zero-order valence-corrected chi connectivity index (χ0v) is 11.4. The highest BCUT2D eigenvalue weighted by Gasteiger charge is 2.08. The molecule has 0 bridgehead atoms. The van der Waals surface area contributed by atoms with E-state index >= 15 is 0 Å². The van der Waals surface area contributed by atoms with Crippen LogP contribution in [0.25, 0.3) is 0 Å². The van der Waals surface area contributed by atoms with E-state index in [9.17, 15) is 0 Å². The molecule has 96 valence electrons. The Bertz CT molecular complexity index is 488. The molecule has 1 N–H and O–H groups in total. The van der Waals surface area contributed by atoms with Crippen LogP contribution < -0.4 is 5.32 Å². The van der Waals surface area contributed by atoms with Crippen molar-refractivity contribution >= 4 is 5.95 Å². The highest BCUT2D eigenvalue weighted by atomic mass is 15.2. The summed E-state index contributed by atoms with van der Waals surface area (Å²) >= 11 is 0. The molecular weight excluding hydrogens is 222 g/mol. The van der Waals surface area contributed by atoms with Crippen LogP contribution >= 0.6 is 0 Å². The number of nitrogens with zero attached hydrogens (tertiary/aromatic N) is 2. The van der Waals surface area contributed by atoms with E-state index in [4.69, 9.17) is 0 Å². The molecule has 2 rings (SSSR count). The van der Waals surface area contributed by atoms with Gasteiger partial charge in [0, 0.05) is 19.8 Å². The van der Waals surface area contributed by atoms with Crippen LogP contribution in [-0.2, 0) is 6.54 Å². The summed E-state index contributed by atoms with van der Waals surface area (Å²) in [5, 5.41) is 3.13. The number of rotatable bonds is 5. The first-order chi connectivity index (χ1) is 8.70. The summed E-state index contributed by atoms with van der Waals surface area (Å²) in [6.45, 7) is 5.29. The topological polar surface area (TPSA) is 29.9 Å². The zero-order valence-electron chi connectivity index (χ0n) is 11.4. The highest BCUT2D eigenvalue weighted by molar-refractivity contribution is 5.27. The average Bonchev–Trinajstić information content (AvgIpc) is 2.77. The van der Waals surface area contributed by atoms with Crippen molar-refractivity contribution in [2.45, 2.75) is 32.7 Å². The van der Waals surface area contributed by atoms with Crippen molar-refractivity contribution in [1.29, 1.82) is 0 Å².